The van der Waals surface area contributed by atoms with Crippen LogP contribution in [0.5, 0.6) is 5.75 Å². The first kappa shape index (κ1) is 13.4. The highest BCUT2D eigenvalue weighted by molar-refractivity contribution is 5.84. The standard InChI is InChI=1S/C17H22N2O/c1-13(19-9-7-18-8-10-19)14-3-4-16-12-17(20-2)6-5-15(16)11-14/h3-6,11-13,18H,7-10H2,1-2H3/t13-/m0/s1. The molecule has 0 radical (unpaired) electrons. The van der Waals surface area contributed by atoms with Gasteiger partial charge in [-0.15, -0.1) is 0 Å². The van der Waals surface area contributed by atoms with E-state index in [1.54, 1.807) is 7.11 Å². The van der Waals surface area contributed by atoms with E-state index in [1.165, 1.54) is 16.3 Å². The normalized spacial score (nSPS) is 18.1. The lowest BCUT2D eigenvalue weighted by Crippen LogP contribution is -2.44. The van der Waals surface area contributed by atoms with Crippen LogP contribution < -0.4 is 10.1 Å². The van der Waals surface area contributed by atoms with Crippen LogP contribution in [-0.4, -0.2) is 38.2 Å². The molecule has 3 rings (SSSR count). The highest BCUT2D eigenvalue weighted by Crippen LogP contribution is 2.26. The van der Waals surface area contributed by atoms with Crippen molar-refractivity contribution in [1.82, 2.24) is 10.2 Å². The maximum Gasteiger partial charge on any atom is 0.119 e. The number of ether oxygens (including phenoxy) is 1. The van der Waals surface area contributed by atoms with E-state index >= 15 is 0 Å². The summed E-state index contributed by atoms with van der Waals surface area (Å²) in [5.41, 5.74) is 1.39. The summed E-state index contributed by atoms with van der Waals surface area (Å²) in [6, 6.07) is 13.5. The van der Waals surface area contributed by atoms with Gasteiger partial charge in [0.2, 0.25) is 0 Å². The minimum Gasteiger partial charge on any atom is -0.497 e. The van der Waals surface area contributed by atoms with E-state index in [0.29, 0.717) is 6.04 Å². The second kappa shape index (κ2) is 5.81. The van der Waals surface area contributed by atoms with Gasteiger partial charge in [0.25, 0.3) is 0 Å². The number of nitrogens with one attached hydrogen (secondary N) is 1. The Hall–Kier alpha value is -1.58. The van der Waals surface area contributed by atoms with Crippen molar-refractivity contribution < 1.29 is 4.74 Å². The number of nitrogens with zero attached hydrogens (tertiary/aromatic N) is 1. The predicted molar refractivity (Wildman–Crippen MR) is 83.4 cm³/mol. The Morgan fingerprint density at radius 3 is 2.50 bits per heavy atom. The Labute approximate surface area is 120 Å². The van der Waals surface area contributed by atoms with Crippen LogP contribution in [-0.2, 0) is 0 Å². The van der Waals surface area contributed by atoms with Gasteiger partial charge in [0.15, 0.2) is 0 Å². The molecule has 1 N–H and O–H groups in total. The lowest BCUT2D eigenvalue weighted by atomic mass is 10.0. The number of benzene rings is 2. The molecule has 0 spiro atoms. The van der Waals surface area contributed by atoms with E-state index in [4.69, 9.17) is 4.74 Å². The van der Waals surface area contributed by atoms with Crippen LogP contribution >= 0.6 is 0 Å². The number of hydrogen-bond acceptors (Lipinski definition) is 3. The summed E-state index contributed by atoms with van der Waals surface area (Å²) in [5, 5.41) is 5.93. The molecule has 0 unspecified atom stereocenters. The molecule has 0 aliphatic carbocycles. The number of hydrogen-bond donors (Lipinski definition) is 1. The van der Waals surface area contributed by atoms with Gasteiger partial charge in [0, 0.05) is 32.2 Å². The molecule has 1 aliphatic heterocycles. The predicted octanol–water partition coefficient (Wildman–Crippen LogP) is 2.81. The average Bonchev–Trinajstić information content (AvgIpc) is 2.54. The van der Waals surface area contributed by atoms with Crippen molar-refractivity contribution in [3.63, 3.8) is 0 Å². The molecule has 2 aromatic carbocycles. The minimum atomic E-state index is 0.476. The fourth-order valence-corrected chi connectivity index (χ4v) is 2.91. The minimum absolute atomic E-state index is 0.476. The summed E-state index contributed by atoms with van der Waals surface area (Å²) in [7, 11) is 1.71. The van der Waals surface area contributed by atoms with E-state index < -0.39 is 0 Å². The Kier molecular flexibility index (Phi) is 3.90. The number of rotatable bonds is 3. The van der Waals surface area contributed by atoms with E-state index in [1.807, 2.05) is 6.07 Å². The zero-order chi connectivity index (χ0) is 13.9. The van der Waals surface area contributed by atoms with Crippen molar-refractivity contribution in [1.29, 1.82) is 0 Å². The van der Waals surface area contributed by atoms with Gasteiger partial charge in [0.1, 0.15) is 5.75 Å². The molecule has 1 saturated heterocycles. The molecular formula is C17H22N2O. The molecule has 0 bridgehead atoms. The third-order valence-electron chi connectivity index (χ3n) is 4.25. The van der Waals surface area contributed by atoms with Crippen molar-refractivity contribution >= 4 is 10.8 Å². The van der Waals surface area contributed by atoms with Gasteiger partial charge in [0.05, 0.1) is 7.11 Å². The third kappa shape index (κ3) is 2.65. The zero-order valence-electron chi connectivity index (χ0n) is 12.2. The largest absolute Gasteiger partial charge is 0.497 e. The molecule has 1 heterocycles. The van der Waals surface area contributed by atoms with Crippen LogP contribution in [0, 0.1) is 0 Å². The van der Waals surface area contributed by atoms with Gasteiger partial charge in [-0.05, 0) is 41.5 Å². The molecule has 1 aliphatic rings. The smallest absolute Gasteiger partial charge is 0.119 e. The van der Waals surface area contributed by atoms with Crippen molar-refractivity contribution in [2.45, 2.75) is 13.0 Å². The SMILES string of the molecule is COc1ccc2cc([C@H](C)N3CCNCC3)ccc2c1. The topological polar surface area (TPSA) is 24.5 Å². The second-order valence-corrected chi connectivity index (χ2v) is 5.43. The van der Waals surface area contributed by atoms with Crippen LogP contribution in [0.2, 0.25) is 0 Å². The summed E-state index contributed by atoms with van der Waals surface area (Å²) < 4.78 is 5.28. The molecule has 20 heavy (non-hydrogen) atoms. The Morgan fingerprint density at radius 1 is 1.05 bits per heavy atom. The van der Waals surface area contributed by atoms with Gasteiger partial charge in [-0.2, -0.15) is 0 Å². The highest BCUT2D eigenvalue weighted by Gasteiger charge is 2.17. The summed E-state index contributed by atoms with van der Waals surface area (Å²) in [6.45, 7) is 6.74. The Bertz CT molecular complexity index is 591. The summed E-state index contributed by atoms with van der Waals surface area (Å²) >= 11 is 0. The van der Waals surface area contributed by atoms with Crippen LogP contribution in [0.15, 0.2) is 36.4 Å². The van der Waals surface area contributed by atoms with Gasteiger partial charge in [-0.1, -0.05) is 18.2 Å². The van der Waals surface area contributed by atoms with Gasteiger partial charge in [-0.3, -0.25) is 4.90 Å². The quantitative estimate of drug-likeness (QED) is 0.928. The molecule has 2 aromatic rings. The number of methoxy groups -OCH3 is 1. The first-order valence-corrected chi connectivity index (χ1v) is 7.30. The first-order chi connectivity index (χ1) is 9.78. The molecule has 0 amide bonds. The van der Waals surface area contributed by atoms with Crippen LogP contribution in [0.1, 0.15) is 18.5 Å². The fourth-order valence-electron chi connectivity index (χ4n) is 2.91. The molecule has 1 atom stereocenters. The average molecular weight is 270 g/mol. The van der Waals surface area contributed by atoms with E-state index in [9.17, 15) is 0 Å². The molecule has 3 nitrogen and oxygen atoms in total. The van der Waals surface area contributed by atoms with Crippen LogP contribution in [0.3, 0.4) is 0 Å². The molecule has 106 valence electrons. The van der Waals surface area contributed by atoms with E-state index in [2.05, 4.69) is 47.5 Å². The first-order valence-electron chi connectivity index (χ1n) is 7.30. The van der Waals surface area contributed by atoms with E-state index in [0.717, 1.165) is 31.9 Å². The van der Waals surface area contributed by atoms with Crippen molar-refractivity contribution in [3.8, 4) is 5.75 Å². The Balaban J connectivity index is 1.88. The van der Waals surface area contributed by atoms with Crippen LogP contribution in [0.25, 0.3) is 10.8 Å². The maximum atomic E-state index is 5.28. The lowest BCUT2D eigenvalue weighted by Gasteiger charge is -2.33. The number of piperazine rings is 1. The van der Waals surface area contributed by atoms with Crippen LogP contribution in [0.4, 0.5) is 0 Å². The summed E-state index contributed by atoms with van der Waals surface area (Å²) in [5.74, 6) is 0.917. The third-order valence-corrected chi connectivity index (χ3v) is 4.25. The van der Waals surface area contributed by atoms with Crippen molar-refractivity contribution in [2.24, 2.45) is 0 Å². The fraction of sp³-hybridized carbons (Fsp3) is 0.412. The molecule has 0 saturated carbocycles. The monoisotopic (exact) mass is 270 g/mol. The molecule has 0 aromatic heterocycles. The van der Waals surface area contributed by atoms with Gasteiger partial charge < -0.3 is 10.1 Å². The van der Waals surface area contributed by atoms with Crippen molar-refractivity contribution in [3.05, 3.63) is 42.0 Å². The molecule has 1 fully saturated rings. The van der Waals surface area contributed by atoms with E-state index in [-0.39, 0.29) is 0 Å². The Morgan fingerprint density at radius 2 is 1.75 bits per heavy atom. The molecule has 3 heteroatoms. The van der Waals surface area contributed by atoms with Gasteiger partial charge >= 0.3 is 0 Å². The summed E-state index contributed by atoms with van der Waals surface area (Å²) in [4.78, 5) is 2.54. The highest BCUT2D eigenvalue weighted by atomic mass is 16.5. The number of fused-ring (bicyclic) bond motifs is 1. The molecular weight excluding hydrogens is 248 g/mol. The second-order valence-electron chi connectivity index (χ2n) is 5.43. The maximum absolute atomic E-state index is 5.28. The van der Waals surface area contributed by atoms with Gasteiger partial charge in [-0.25, -0.2) is 0 Å². The lowest BCUT2D eigenvalue weighted by molar-refractivity contribution is 0.185. The summed E-state index contributed by atoms with van der Waals surface area (Å²) in [6.07, 6.45) is 0. The van der Waals surface area contributed by atoms with Crippen molar-refractivity contribution in [2.75, 3.05) is 33.3 Å². The zero-order valence-corrected chi connectivity index (χ0v) is 12.2.